The van der Waals surface area contributed by atoms with Crippen LogP contribution in [0.2, 0.25) is 0 Å². The smallest absolute Gasteiger partial charge is 0.143 e. The van der Waals surface area contributed by atoms with E-state index in [9.17, 15) is 9.50 Å². The summed E-state index contributed by atoms with van der Waals surface area (Å²) in [4.78, 5) is 10.4. The predicted molar refractivity (Wildman–Crippen MR) is 88.8 cm³/mol. The van der Waals surface area contributed by atoms with Crippen molar-refractivity contribution in [2.45, 2.75) is 12.5 Å². The largest absolute Gasteiger partial charge is 0.396 e. The van der Waals surface area contributed by atoms with E-state index in [0.29, 0.717) is 17.5 Å². The molecule has 0 amide bonds. The summed E-state index contributed by atoms with van der Waals surface area (Å²) >= 11 is 0. The van der Waals surface area contributed by atoms with Crippen molar-refractivity contribution < 1.29 is 9.50 Å². The van der Waals surface area contributed by atoms with Gasteiger partial charge in [-0.2, -0.15) is 0 Å². The Kier molecular flexibility index (Phi) is 4.48. The molecule has 2 aromatic heterocycles. The third-order valence-electron chi connectivity index (χ3n) is 3.96. The van der Waals surface area contributed by atoms with Gasteiger partial charge in [0.2, 0.25) is 0 Å². The SMILES string of the molecule is CN(c1ccnc2cc(F)cnc12)C(CCO)c1ccccc1. The zero-order valence-corrected chi connectivity index (χ0v) is 12.9. The first-order valence-electron chi connectivity index (χ1n) is 7.49. The molecule has 1 N–H and O–H groups in total. The molecule has 0 saturated heterocycles. The van der Waals surface area contributed by atoms with Gasteiger partial charge in [0, 0.05) is 25.9 Å². The fraction of sp³-hybridized carbons (Fsp3) is 0.222. The van der Waals surface area contributed by atoms with Crippen molar-refractivity contribution in [2.24, 2.45) is 0 Å². The highest BCUT2D eigenvalue weighted by atomic mass is 19.1. The van der Waals surface area contributed by atoms with Gasteiger partial charge in [0.15, 0.2) is 0 Å². The monoisotopic (exact) mass is 311 g/mol. The van der Waals surface area contributed by atoms with E-state index in [1.54, 1.807) is 6.20 Å². The lowest BCUT2D eigenvalue weighted by molar-refractivity contribution is 0.275. The van der Waals surface area contributed by atoms with E-state index < -0.39 is 5.82 Å². The number of pyridine rings is 2. The van der Waals surface area contributed by atoms with Crippen molar-refractivity contribution >= 4 is 16.7 Å². The van der Waals surface area contributed by atoms with Gasteiger partial charge in [-0.25, -0.2) is 9.37 Å². The summed E-state index contributed by atoms with van der Waals surface area (Å²) in [5.41, 5.74) is 3.13. The Morgan fingerprint density at radius 2 is 1.96 bits per heavy atom. The molecule has 0 spiro atoms. The molecule has 118 valence electrons. The van der Waals surface area contributed by atoms with E-state index in [0.717, 1.165) is 11.3 Å². The molecular formula is C18H18FN3O. The molecule has 3 aromatic rings. The van der Waals surface area contributed by atoms with Gasteiger partial charge in [0.05, 0.1) is 23.4 Å². The maximum absolute atomic E-state index is 13.4. The second-order valence-corrected chi connectivity index (χ2v) is 5.40. The van der Waals surface area contributed by atoms with Crippen molar-refractivity contribution in [3.05, 3.63) is 66.2 Å². The molecule has 0 aliphatic heterocycles. The van der Waals surface area contributed by atoms with Gasteiger partial charge in [0.1, 0.15) is 11.3 Å². The second kappa shape index (κ2) is 6.71. The number of hydrogen-bond donors (Lipinski definition) is 1. The number of aliphatic hydroxyl groups is 1. The number of fused-ring (bicyclic) bond motifs is 1. The number of rotatable bonds is 5. The quantitative estimate of drug-likeness (QED) is 0.785. The summed E-state index contributed by atoms with van der Waals surface area (Å²) in [5, 5.41) is 9.44. The van der Waals surface area contributed by atoms with Crippen LogP contribution >= 0.6 is 0 Å². The Hall–Kier alpha value is -2.53. The third-order valence-corrected chi connectivity index (χ3v) is 3.96. The van der Waals surface area contributed by atoms with Crippen LogP contribution in [-0.4, -0.2) is 28.7 Å². The Labute approximate surface area is 134 Å². The van der Waals surface area contributed by atoms with Crippen molar-refractivity contribution in [2.75, 3.05) is 18.6 Å². The average molecular weight is 311 g/mol. The first kappa shape index (κ1) is 15.4. The lowest BCUT2D eigenvalue weighted by atomic mass is 10.0. The number of hydrogen-bond acceptors (Lipinski definition) is 4. The molecule has 1 aromatic carbocycles. The highest BCUT2D eigenvalue weighted by molar-refractivity contribution is 5.87. The number of anilines is 1. The molecule has 0 saturated carbocycles. The van der Waals surface area contributed by atoms with Crippen molar-refractivity contribution in [3.63, 3.8) is 0 Å². The van der Waals surface area contributed by atoms with E-state index in [-0.39, 0.29) is 12.6 Å². The first-order chi connectivity index (χ1) is 11.2. The Morgan fingerprint density at radius 3 is 2.70 bits per heavy atom. The van der Waals surface area contributed by atoms with E-state index in [1.807, 2.05) is 43.4 Å². The van der Waals surface area contributed by atoms with E-state index in [2.05, 4.69) is 14.9 Å². The Morgan fingerprint density at radius 1 is 1.17 bits per heavy atom. The third kappa shape index (κ3) is 3.14. The number of nitrogens with zero attached hydrogens (tertiary/aromatic N) is 3. The number of aromatic nitrogens is 2. The normalized spacial score (nSPS) is 12.3. The minimum absolute atomic E-state index is 0.00125. The van der Waals surface area contributed by atoms with Crippen molar-refractivity contribution in [1.29, 1.82) is 0 Å². The fourth-order valence-corrected chi connectivity index (χ4v) is 2.83. The van der Waals surface area contributed by atoms with E-state index in [4.69, 9.17) is 0 Å². The molecule has 1 unspecified atom stereocenters. The van der Waals surface area contributed by atoms with Crippen LogP contribution in [0.25, 0.3) is 11.0 Å². The summed E-state index contributed by atoms with van der Waals surface area (Å²) in [7, 11) is 1.95. The van der Waals surface area contributed by atoms with Crippen LogP contribution in [0, 0.1) is 5.82 Å². The van der Waals surface area contributed by atoms with Crippen LogP contribution in [0.5, 0.6) is 0 Å². The lowest BCUT2D eigenvalue weighted by Gasteiger charge is -2.30. The van der Waals surface area contributed by atoms with Crippen LogP contribution in [0.4, 0.5) is 10.1 Å². The van der Waals surface area contributed by atoms with Crippen LogP contribution in [-0.2, 0) is 0 Å². The van der Waals surface area contributed by atoms with Crippen LogP contribution < -0.4 is 4.90 Å². The average Bonchev–Trinajstić information content (AvgIpc) is 2.59. The summed E-state index contributed by atoms with van der Waals surface area (Å²) in [6.45, 7) is 0.0783. The number of aliphatic hydroxyl groups excluding tert-OH is 1. The minimum atomic E-state index is -0.403. The maximum atomic E-state index is 13.4. The zero-order valence-electron chi connectivity index (χ0n) is 12.9. The molecular weight excluding hydrogens is 293 g/mol. The molecule has 0 radical (unpaired) electrons. The van der Waals surface area contributed by atoms with E-state index >= 15 is 0 Å². The van der Waals surface area contributed by atoms with Crippen LogP contribution in [0.1, 0.15) is 18.0 Å². The number of benzene rings is 1. The molecule has 1 atom stereocenters. The topological polar surface area (TPSA) is 49.2 Å². The minimum Gasteiger partial charge on any atom is -0.396 e. The predicted octanol–water partition coefficient (Wildman–Crippen LogP) is 3.33. The van der Waals surface area contributed by atoms with Crippen molar-refractivity contribution in [1.82, 2.24) is 9.97 Å². The van der Waals surface area contributed by atoms with Crippen LogP contribution in [0.3, 0.4) is 0 Å². The summed E-state index contributed by atoms with van der Waals surface area (Å²) in [5.74, 6) is -0.403. The summed E-state index contributed by atoms with van der Waals surface area (Å²) in [6.07, 6.45) is 3.44. The molecule has 3 rings (SSSR count). The maximum Gasteiger partial charge on any atom is 0.143 e. The molecule has 4 nitrogen and oxygen atoms in total. The standard InChI is InChI=1S/C18H18FN3O/c1-22(16(8-10-23)13-5-3-2-4-6-13)17-7-9-20-15-11-14(19)12-21-18(15)17/h2-7,9,11-12,16,23H,8,10H2,1H3. The van der Waals surface area contributed by atoms with Gasteiger partial charge in [-0.05, 0) is 18.1 Å². The highest BCUT2D eigenvalue weighted by Gasteiger charge is 2.19. The van der Waals surface area contributed by atoms with Crippen LogP contribution in [0.15, 0.2) is 54.9 Å². The van der Waals surface area contributed by atoms with Gasteiger partial charge in [-0.15, -0.1) is 0 Å². The molecule has 0 aliphatic rings. The van der Waals surface area contributed by atoms with Gasteiger partial charge in [-0.1, -0.05) is 30.3 Å². The molecule has 0 aliphatic carbocycles. The molecule has 2 heterocycles. The van der Waals surface area contributed by atoms with Gasteiger partial charge < -0.3 is 10.0 Å². The summed E-state index contributed by atoms with van der Waals surface area (Å²) < 4.78 is 13.4. The van der Waals surface area contributed by atoms with Gasteiger partial charge >= 0.3 is 0 Å². The molecule has 0 fully saturated rings. The zero-order chi connectivity index (χ0) is 16.2. The van der Waals surface area contributed by atoms with E-state index in [1.165, 1.54) is 12.3 Å². The summed E-state index contributed by atoms with van der Waals surface area (Å²) in [6, 6.07) is 13.2. The van der Waals surface area contributed by atoms with Gasteiger partial charge in [0.25, 0.3) is 0 Å². The Bertz CT molecular complexity index is 795. The first-order valence-corrected chi connectivity index (χ1v) is 7.49. The molecule has 23 heavy (non-hydrogen) atoms. The van der Waals surface area contributed by atoms with Gasteiger partial charge in [-0.3, -0.25) is 4.98 Å². The fourth-order valence-electron chi connectivity index (χ4n) is 2.83. The molecule has 0 bridgehead atoms. The second-order valence-electron chi connectivity index (χ2n) is 5.40. The van der Waals surface area contributed by atoms with Crippen molar-refractivity contribution in [3.8, 4) is 0 Å². The number of halogens is 1. The Balaban J connectivity index is 2.05. The highest BCUT2D eigenvalue weighted by Crippen LogP contribution is 2.31. The molecule has 5 heteroatoms. The lowest BCUT2D eigenvalue weighted by Crippen LogP contribution is -2.25.